The third kappa shape index (κ3) is 3.72. The molecule has 0 bridgehead atoms. The van der Waals surface area contributed by atoms with E-state index in [1.54, 1.807) is 7.11 Å². The fourth-order valence-corrected chi connectivity index (χ4v) is 4.49. The smallest absolute Gasteiger partial charge is 0.183 e. The number of carbonyl (C=O) groups is 1. The van der Waals surface area contributed by atoms with E-state index in [0.717, 1.165) is 42.9 Å². The molecular weight excluding hydrogens is 336 g/mol. The molecule has 2 aliphatic rings. The lowest BCUT2D eigenvalue weighted by molar-refractivity contribution is 0.101. The van der Waals surface area contributed by atoms with Crippen molar-refractivity contribution >= 4 is 11.5 Å². The second-order valence-electron chi connectivity index (χ2n) is 7.79. The molecule has 1 heterocycles. The van der Waals surface area contributed by atoms with E-state index in [4.69, 9.17) is 4.74 Å². The van der Waals surface area contributed by atoms with Crippen molar-refractivity contribution in [1.29, 1.82) is 0 Å². The number of fused-ring (bicyclic) bond motifs is 2. The molecule has 0 saturated carbocycles. The average molecular weight is 364 g/mol. The lowest BCUT2D eigenvalue weighted by Crippen LogP contribution is -2.28. The second kappa shape index (κ2) is 7.73. The Bertz CT molecular complexity index is 846. The van der Waals surface area contributed by atoms with E-state index in [2.05, 4.69) is 47.6 Å². The first-order valence-corrected chi connectivity index (χ1v) is 9.90. The van der Waals surface area contributed by atoms with Crippen molar-refractivity contribution in [1.82, 2.24) is 4.90 Å². The molecule has 1 N–H and O–H groups in total. The zero-order valence-corrected chi connectivity index (χ0v) is 16.3. The van der Waals surface area contributed by atoms with Crippen LogP contribution in [0.25, 0.3) is 0 Å². The minimum Gasteiger partial charge on any atom is -0.496 e. The highest BCUT2D eigenvalue weighted by Gasteiger charge is 2.24. The van der Waals surface area contributed by atoms with Gasteiger partial charge in [-0.25, -0.2) is 0 Å². The molecule has 1 aliphatic carbocycles. The summed E-state index contributed by atoms with van der Waals surface area (Å²) in [7, 11) is 3.98. The number of hydrogen-bond donors (Lipinski definition) is 1. The maximum Gasteiger partial charge on any atom is 0.183 e. The van der Waals surface area contributed by atoms with E-state index in [-0.39, 0.29) is 5.78 Å². The summed E-state index contributed by atoms with van der Waals surface area (Å²) in [4.78, 5) is 14.2. The number of hydrogen-bond acceptors (Lipinski definition) is 4. The van der Waals surface area contributed by atoms with Crippen molar-refractivity contribution < 1.29 is 9.53 Å². The number of rotatable bonds is 6. The largest absolute Gasteiger partial charge is 0.496 e. The topological polar surface area (TPSA) is 41.6 Å². The summed E-state index contributed by atoms with van der Waals surface area (Å²) in [5.74, 6) is 1.81. The van der Waals surface area contributed by atoms with Crippen LogP contribution >= 0.6 is 0 Å². The highest BCUT2D eigenvalue weighted by atomic mass is 16.5. The average Bonchev–Trinajstić information content (AvgIpc) is 3.06. The van der Waals surface area contributed by atoms with Crippen LogP contribution in [0.3, 0.4) is 0 Å². The third-order valence-corrected chi connectivity index (χ3v) is 5.95. The van der Waals surface area contributed by atoms with Crippen molar-refractivity contribution in [3.8, 4) is 5.75 Å². The van der Waals surface area contributed by atoms with Crippen LogP contribution in [-0.2, 0) is 12.8 Å². The molecule has 4 rings (SSSR count). The summed E-state index contributed by atoms with van der Waals surface area (Å²) >= 11 is 0. The lowest BCUT2D eigenvalue weighted by atomic mass is 9.82. The van der Waals surface area contributed by atoms with Gasteiger partial charge in [0.15, 0.2) is 5.78 Å². The number of benzene rings is 2. The summed E-state index contributed by atoms with van der Waals surface area (Å²) in [6.07, 6.45) is 4.60. The van der Waals surface area contributed by atoms with Gasteiger partial charge in [-0.1, -0.05) is 18.2 Å². The zero-order valence-electron chi connectivity index (χ0n) is 16.3. The van der Waals surface area contributed by atoms with Crippen molar-refractivity contribution in [2.75, 3.05) is 39.1 Å². The third-order valence-electron chi connectivity index (χ3n) is 5.95. The van der Waals surface area contributed by atoms with E-state index in [1.807, 2.05) is 6.07 Å². The second-order valence-corrected chi connectivity index (χ2v) is 7.79. The molecule has 1 unspecified atom stereocenters. The summed E-state index contributed by atoms with van der Waals surface area (Å²) in [6, 6.07) is 12.7. The Balaban J connectivity index is 1.38. The van der Waals surface area contributed by atoms with Gasteiger partial charge < -0.3 is 15.0 Å². The molecule has 4 nitrogen and oxygen atoms in total. The first-order valence-electron chi connectivity index (χ1n) is 9.90. The van der Waals surface area contributed by atoms with Crippen LogP contribution in [-0.4, -0.2) is 44.5 Å². The Morgan fingerprint density at radius 2 is 2.15 bits per heavy atom. The fraction of sp³-hybridized carbons (Fsp3) is 0.435. The van der Waals surface area contributed by atoms with Crippen molar-refractivity contribution in [2.45, 2.75) is 31.6 Å². The quantitative estimate of drug-likeness (QED) is 0.844. The zero-order chi connectivity index (χ0) is 18.8. The molecule has 2 aromatic rings. The van der Waals surface area contributed by atoms with Gasteiger partial charge in [-0.05, 0) is 73.5 Å². The Kier molecular flexibility index (Phi) is 5.17. The van der Waals surface area contributed by atoms with Crippen LogP contribution in [0.4, 0.5) is 5.69 Å². The summed E-state index contributed by atoms with van der Waals surface area (Å²) in [5, 5.41) is 3.19. The fourth-order valence-electron chi connectivity index (χ4n) is 4.49. The van der Waals surface area contributed by atoms with E-state index in [0.29, 0.717) is 12.5 Å². The molecule has 4 heteroatoms. The van der Waals surface area contributed by atoms with E-state index in [9.17, 15) is 4.79 Å². The van der Waals surface area contributed by atoms with Gasteiger partial charge in [0, 0.05) is 24.3 Å². The van der Waals surface area contributed by atoms with Crippen LogP contribution in [0.1, 0.15) is 45.8 Å². The minimum atomic E-state index is 0.194. The van der Waals surface area contributed by atoms with E-state index >= 15 is 0 Å². The highest BCUT2D eigenvalue weighted by molar-refractivity contribution is 6.07. The first kappa shape index (κ1) is 18.1. The molecule has 0 radical (unpaired) electrons. The Hall–Kier alpha value is -2.33. The number of ether oxygens (including phenoxy) is 1. The number of likely N-dealkylation sites (N-methyl/N-ethyl adjacent to an activating group) is 1. The highest BCUT2D eigenvalue weighted by Crippen LogP contribution is 2.37. The first-order chi connectivity index (χ1) is 13.2. The number of ketones is 1. The molecule has 27 heavy (non-hydrogen) atoms. The molecule has 0 spiro atoms. The van der Waals surface area contributed by atoms with Crippen molar-refractivity contribution in [3.63, 3.8) is 0 Å². The van der Waals surface area contributed by atoms with Gasteiger partial charge in [0.05, 0.1) is 13.7 Å². The van der Waals surface area contributed by atoms with Crippen LogP contribution in [0.2, 0.25) is 0 Å². The Morgan fingerprint density at radius 3 is 3.00 bits per heavy atom. The molecule has 2 aromatic carbocycles. The number of methoxy groups -OCH3 is 1. The molecule has 0 saturated heterocycles. The molecular formula is C23H28N2O2. The van der Waals surface area contributed by atoms with Crippen molar-refractivity contribution in [2.24, 2.45) is 0 Å². The van der Waals surface area contributed by atoms with Gasteiger partial charge in [0.2, 0.25) is 0 Å². The normalized spacial score (nSPS) is 18.2. The van der Waals surface area contributed by atoms with Gasteiger partial charge >= 0.3 is 0 Å². The maximum atomic E-state index is 11.7. The molecule has 1 aliphatic heterocycles. The Labute approximate surface area is 161 Å². The van der Waals surface area contributed by atoms with Gasteiger partial charge in [-0.15, -0.1) is 0 Å². The number of carbonyl (C=O) groups excluding carboxylic acids is 1. The van der Waals surface area contributed by atoms with Crippen LogP contribution < -0.4 is 10.1 Å². The SMILES string of the molecule is COc1cccc2c1CCCC2CN(C)CCc1ccc2c(c1)NCC2=O. The summed E-state index contributed by atoms with van der Waals surface area (Å²) in [6.45, 7) is 2.52. The number of nitrogens with one attached hydrogen (secondary N) is 1. The summed E-state index contributed by atoms with van der Waals surface area (Å²) < 4.78 is 5.57. The molecule has 142 valence electrons. The standard InChI is InChI=1S/C23H28N2O2/c1-25(12-11-16-9-10-20-21(13-16)24-14-22(20)26)15-17-5-3-7-19-18(17)6-4-8-23(19)27-2/h4,6,8-10,13,17,24H,3,5,7,11-12,14-15H2,1-2H3. The van der Waals surface area contributed by atoms with Crippen LogP contribution in [0, 0.1) is 0 Å². The van der Waals surface area contributed by atoms with Gasteiger partial charge in [0.1, 0.15) is 5.75 Å². The molecule has 0 amide bonds. The predicted molar refractivity (Wildman–Crippen MR) is 109 cm³/mol. The van der Waals surface area contributed by atoms with Crippen LogP contribution in [0.5, 0.6) is 5.75 Å². The minimum absolute atomic E-state index is 0.194. The number of anilines is 1. The van der Waals surface area contributed by atoms with E-state index < -0.39 is 0 Å². The van der Waals surface area contributed by atoms with Gasteiger partial charge in [-0.3, -0.25) is 4.79 Å². The van der Waals surface area contributed by atoms with E-state index in [1.165, 1.54) is 29.5 Å². The van der Waals surface area contributed by atoms with Gasteiger partial charge in [0.25, 0.3) is 0 Å². The molecule has 0 aromatic heterocycles. The lowest BCUT2D eigenvalue weighted by Gasteiger charge is -2.30. The Morgan fingerprint density at radius 1 is 1.26 bits per heavy atom. The van der Waals surface area contributed by atoms with Crippen LogP contribution in [0.15, 0.2) is 36.4 Å². The monoisotopic (exact) mass is 364 g/mol. The maximum absolute atomic E-state index is 11.7. The van der Waals surface area contributed by atoms with Crippen molar-refractivity contribution in [3.05, 3.63) is 58.7 Å². The predicted octanol–water partition coefficient (Wildman–Crippen LogP) is 3.90. The summed E-state index contributed by atoms with van der Waals surface area (Å²) in [5.41, 5.74) is 5.98. The number of Topliss-reactive ketones (excluding diaryl/α,β-unsaturated/α-hetero) is 1. The number of nitrogens with zero attached hydrogens (tertiary/aromatic N) is 1. The molecule has 0 fully saturated rings. The molecule has 1 atom stereocenters. The van der Waals surface area contributed by atoms with Gasteiger partial charge in [-0.2, -0.15) is 0 Å².